The lowest BCUT2D eigenvalue weighted by molar-refractivity contribution is 0.538. The smallest absolute Gasteiger partial charge is 0.0489 e. The van der Waals surface area contributed by atoms with Crippen LogP contribution in [0, 0.1) is 0 Å². The highest BCUT2D eigenvalue weighted by Crippen LogP contribution is 1.96. The molecule has 3 heteroatoms. The Morgan fingerprint density at radius 1 is 1.33 bits per heavy atom. The van der Waals surface area contributed by atoms with Crippen LogP contribution in [-0.2, 0) is 6.54 Å². The Morgan fingerprint density at radius 2 is 2.25 bits per heavy atom. The molecule has 1 aromatic rings. The van der Waals surface area contributed by atoms with Crippen molar-refractivity contribution in [3.05, 3.63) is 18.5 Å². The second-order valence-corrected chi connectivity index (χ2v) is 2.93. The lowest BCUT2D eigenvalue weighted by Crippen LogP contribution is -2.07. The van der Waals surface area contributed by atoms with E-state index < -0.39 is 0 Å². The second kappa shape index (κ2) is 5.77. The minimum absolute atomic E-state index is 1.05. The van der Waals surface area contributed by atoms with Crippen LogP contribution in [0.5, 0.6) is 0 Å². The van der Waals surface area contributed by atoms with Crippen molar-refractivity contribution >= 4 is 0 Å². The summed E-state index contributed by atoms with van der Waals surface area (Å²) in [5, 5.41) is 7.27. The Balaban J connectivity index is 1.96. The van der Waals surface area contributed by atoms with E-state index in [4.69, 9.17) is 0 Å². The quantitative estimate of drug-likeness (QED) is 0.647. The van der Waals surface area contributed by atoms with Gasteiger partial charge in [0, 0.05) is 18.9 Å². The molecule has 1 heterocycles. The molecule has 3 nitrogen and oxygen atoms in total. The van der Waals surface area contributed by atoms with Gasteiger partial charge in [-0.25, -0.2) is 0 Å². The van der Waals surface area contributed by atoms with E-state index in [9.17, 15) is 0 Å². The minimum atomic E-state index is 1.05. The van der Waals surface area contributed by atoms with Gasteiger partial charge in [0.2, 0.25) is 0 Å². The molecule has 0 fully saturated rings. The van der Waals surface area contributed by atoms with Crippen LogP contribution in [0.2, 0.25) is 0 Å². The topological polar surface area (TPSA) is 29.9 Å². The van der Waals surface area contributed by atoms with Crippen molar-refractivity contribution in [2.45, 2.75) is 25.8 Å². The maximum Gasteiger partial charge on any atom is 0.0489 e. The first-order chi connectivity index (χ1) is 5.93. The maximum atomic E-state index is 4.14. The third kappa shape index (κ3) is 3.53. The van der Waals surface area contributed by atoms with Crippen LogP contribution >= 0.6 is 0 Å². The molecule has 1 N–H and O–H groups in total. The van der Waals surface area contributed by atoms with E-state index in [2.05, 4.69) is 10.4 Å². The van der Waals surface area contributed by atoms with Gasteiger partial charge < -0.3 is 5.32 Å². The summed E-state index contributed by atoms with van der Waals surface area (Å²) in [4.78, 5) is 0. The Hall–Kier alpha value is -0.830. The van der Waals surface area contributed by atoms with Crippen molar-refractivity contribution in [3.8, 4) is 0 Å². The summed E-state index contributed by atoms with van der Waals surface area (Å²) in [6.45, 7) is 2.18. The Kier molecular flexibility index (Phi) is 4.46. The van der Waals surface area contributed by atoms with Crippen molar-refractivity contribution in [2.24, 2.45) is 0 Å². The minimum Gasteiger partial charge on any atom is -0.320 e. The van der Waals surface area contributed by atoms with Crippen molar-refractivity contribution in [1.29, 1.82) is 0 Å². The first-order valence-corrected chi connectivity index (χ1v) is 4.55. The fraction of sp³-hybridized carbons (Fsp3) is 0.667. The summed E-state index contributed by atoms with van der Waals surface area (Å²) >= 11 is 0. The zero-order valence-electron chi connectivity index (χ0n) is 7.66. The number of unbranched alkanes of at least 4 members (excludes halogenated alkanes) is 2. The van der Waals surface area contributed by atoms with Gasteiger partial charge in [0.15, 0.2) is 0 Å². The zero-order valence-corrected chi connectivity index (χ0v) is 7.66. The van der Waals surface area contributed by atoms with Gasteiger partial charge in [0.25, 0.3) is 0 Å². The standard InChI is InChI=1S/C9H17N3/c1-10-6-3-2-4-8-12-9-5-7-11-12/h5,7,9-10H,2-4,6,8H2,1H3. The molecule has 0 saturated heterocycles. The predicted octanol–water partition coefficient (Wildman–Crippen LogP) is 1.27. The van der Waals surface area contributed by atoms with Crippen molar-refractivity contribution in [2.75, 3.05) is 13.6 Å². The average Bonchev–Trinajstić information content (AvgIpc) is 2.57. The molecule has 0 aromatic carbocycles. The number of nitrogens with one attached hydrogen (secondary N) is 1. The van der Waals surface area contributed by atoms with Crippen LogP contribution in [-0.4, -0.2) is 23.4 Å². The number of aryl methyl sites for hydroxylation is 1. The molecule has 0 saturated carbocycles. The highest BCUT2D eigenvalue weighted by atomic mass is 15.3. The first kappa shape index (κ1) is 9.26. The van der Waals surface area contributed by atoms with Crippen LogP contribution in [0.3, 0.4) is 0 Å². The number of aromatic nitrogens is 2. The molecule has 0 aliphatic rings. The molecule has 68 valence electrons. The van der Waals surface area contributed by atoms with Crippen LogP contribution in [0.15, 0.2) is 18.5 Å². The summed E-state index contributed by atoms with van der Waals surface area (Å²) in [7, 11) is 1.99. The Labute approximate surface area is 73.8 Å². The summed E-state index contributed by atoms with van der Waals surface area (Å²) < 4.78 is 1.99. The van der Waals surface area contributed by atoms with Gasteiger partial charge in [-0.2, -0.15) is 5.10 Å². The normalized spacial score (nSPS) is 10.4. The van der Waals surface area contributed by atoms with Crippen LogP contribution in [0.1, 0.15) is 19.3 Å². The van der Waals surface area contributed by atoms with E-state index in [1.165, 1.54) is 19.3 Å². The molecule has 0 aliphatic heterocycles. The van der Waals surface area contributed by atoms with Crippen molar-refractivity contribution < 1.29 is 0 Å². The molecule has 0 aliphatic carbocycles. The van der Waals surface area contributed by atoms with Crippen molar-refractivity contribution in [3.63, 3.8) is 0 Å². The summed E-state index contributed by atoms with van der Waals surface area (Å²) in [5.74, 6) is 0. The number of rotatable bonds is 6. The molecule has 1 rings (SSSR count). The van der Waals surface area contributed by atoms with Gasteiger partial charge in [-0.3, -0.25) is 4.68 Å². The Bertz CT molecular complexity index is 182. The van der Waals surface area contributed by atoms with Gasteiger partial charge in [0.05, 0.1) is 0 Å². The maximum absolute atomic E-state index is 4.14. The van der Waals surface area contributed by atoms with E-state index in [-0.39, 0.29) is 0 Å². The summed E-state index contributed by atoms with van der Waals surface area (Å²) in [5.41, 5.74) is 0. The van der Waals surface area contributed by atoms with Crippen LogP contribution in [0.25, 0.3) is 0 Å². The Morgan fingerprint density at radius 3 is 2.92 bits per heavy atom. The number of hydrogen-bond acceptors (Lipinski definition) is 2. The highest BCUT2D eigenvalue weighted by Gasteiger charge is 1.90. The van der Waals surface area contributed by atoms with E-state index in [0.29, 0.717) is 0 Å². The van der Waals surface area contributed by atoms with Gasteiger partial charge in [-0.1, -0.05) is 6.42 Å². The fourth-order valence-electron chi connectivity index (χ4n) is 1.19. The monoisotopic (exact) mass is 167 g/mol. The van der Waals surface area contributed by atoms with E-state index in [1.54, 1.807) is 0 Å². The molecule has 0 spiro atoms. The second-order valence-electron chi connectivity index (χ2n) is 2.93. The molecule has 1 aromatic heterocycles. The molecular formula is C9H17N3. The number of hydrogen-bond donors (Lipinski definition) is 1. The third-order valence-corrected chi connectivity index (χ3v) is 1.87. The van der Waals surface area contributed by atoms with Crippen LogP contribution in [0.4, 0.5) is 0 Å². The fourth-order valence-corrected chi connectivity index (χ4v) is 1.19. The number of nitrogens with zero attached hydrogens (tertiary/aromatic N) is 2. The van der Waals surface area contributed by atoms with Crippen LogP contribution < -0.4 is 5.32 Å². The SMILES string of the molecule is CNCCCCCn1cccn1. The van der Waals surface area contributed by atoms with Gasteiger partial charge >= 0.3 is 0 Å². The summed E-state index contributed by atoms with van der Waals surface area (Å²) in [6.07, 6.45) is 7.60. The molecule has 0 atom stereocenters. The molecule has 0 radical (unpaired) electrons. The van der Waals surface area contributed by atoms with E-state index in [1.807, 2.05) is 30.2 Å². The average molecular weight is 167 g/mol. The molecular weight excluding hydrogens is 150 g/mol. The highest BCUT2D eigenvalue weighted by molar-refractivity contribution is 4.77. The van der Waals surface area contributed by atoms with E-state index >= 15 is 0 Å². The van der Waals surface area contributed by atoms with E-state index in [0.717, 1.165) is 13.1 Å². The van der Waals surface area contributed by atoms with Gasteiger partial charge in [0.1, 0.15) is 0 Å². The molecule has 0 bridgehead atoms. The van der Waals surface area contributed by atoms with Crippen molar-refractivity contribution in [1.82, 2.24) is 15.1 Å². The largest absolute Gasteiger partial charge is 0.320 e. The lowest BCUT2D eigenvalue weighted by Gasteiger charge is -2.00. The first-order valence-electron chi connectivity index (χ1n) is 4.55. The van der Waals surface area contributed by atoms with Gasteiger partial charge in [-0.05, 0) is 32.5 Å². The zero-order chi connectivity index (χ0) is 8.65. The molecule has 12 heavy (non-hydrogen) atoms. The van der Waals surface area contributed by atoms with Gasteiger partial charge in [-0.15, -0.1) is 0 Å². The summed E-state index contributed by atoms with van der Waals surface area (Å²) in [6, 6.07) is 1.97. The lowest BCUT2D eigenvalue weighted by atomic mass is 10.2. The molecule has 0 amide bonds. The third-order valence-electron chi connectivity index (χ3n) is 1.87. The predicted molar refractivity (Wildman–Crippen MR) is 50.0 cm³/mol. The molecule has 0 unspecified atom stereocenters.